The van der Waals surface area contributed by atoms with Gasteiger partial charge < -0.3 is 33.2 Å². The summed E-state index contributed by atoms with van der Waals surface area (Å²) in [4.78, 5) is 3.04. The number of nitrogens with zero attached hydrogens (tertiary/aromatic N) is 3. The van der Waals surface area contributed by atoms with Gasteiger partial charge in [0.2, 0.25) is 0 Å². The van der Waals surface area contributed by atoms with E-state index in [0.717, 1.165) is 22.6 Å². The number of ether oxygens (including phenoxy) is 5. The second-order valence-electron chi connectivity index (χ2n) is 11.1. The molecular formula is C28H41N3O7Si. The van der Waals surface area contributed by atoms with Crippen LogP contribution in [0.1, 0.15) is 31.9 Å². The molecule has 5 atom stereocenters. The van der Waals surface area contributed by atoms with Gasteiger partial charge in [-0.15, -0.1) is 0 Å². The summed E-state index contributed by atoms with van der Waals surface area (Å²) >= 11 is 0. The molecule has 1 heterocycles. The van der Waals surface area contributed by atoms with Crippen molar-refractivity contribution in [3.05, 3.63) is 70.1 Å². The fourth-order valence-electron chi connectivity index (χ4n) is 3.91. The van der Waals surface area contributed by atoms with E-state index in [1.807, 2.05) is 48.5 Å². The van der Waals surface area contributed by atoms with Crippen molar-refractivity contribution in [2.24, 2.45) is 5.11 Å². The summed E-state index contributed by atoms with van der Waals surface area (Å²) in [6.45, 7) is 11.1. The molecule has 10 nitrogen and oxygen atoms in total. The SMILES string of the molecule is COc1ccc(COC[C@H]2O[C@@H](O[Si](C)(C)C(C)(C)C)[C@H](N=[N+]=[N-])[C@@H](OCc3ccc(OC)cc3)[C@@H]2O)cc1. The van der Waals surface area contributed by atoms with E-state index in [1.165, 1.54) is 0 Å². The maximum Gasteiger partial charge on any atom is 0.195 e. The summed E-state index contributed by atoms with van der Waals surface area (Å²) in [5.41, 5.74) is 11.2. The molecule has 3 rings (SSSR count). The zero-order chi connectivity index (χ0) is 28.6. The molecule has 1 N–H and O–H groups in total. The molecule has 0 radical (unpaired) electrons. The number of aliphatic hydroxyl groups is 1. The van der Waals surface area contributed by atoms with Gasteiger partial charge in [-0.2, -0.15) is 0 Å². The minimum atomic E-state index is -2.35. The number of hydrogen-bond acceptors (Lipinski definition) is 8. The van der Waals surface area contributed by atoms with Gasteiger partial charge in [0.25, 0.3) is 0 Å². The fourth-order valence-corrected chi connectivity index (χ4v) is 5.04. The molecular weight excluding hydrogens is 518 g/mol. The van der Waals surface area contributed by atoms with Crippen LogP contribution >= 0.6 is 0 Å². The highest BCUT2D eigenvalue weighted by atomic mass is 28.4. The Labute approximate surface area is 231 Å². The first-order valence-corrected chi connectivity index (χ1v) is 15.9. The molecule has 0 saturated carbocycles. The summed E-state index contributed by atoms with van der Waals surface area (Å²) < 4.78 is 35.4. The van der Waals surface area contributed by atoms with E-state index in [-0.39, 0.29) is 18.3 Å². The van der Waals surface area contributed by atoms with E-state index < -0.39 is 39.0 Å². The van der Waals surface area contributed by atoms with Crippen molar-refractivity contribution < 1.29 is 33.2 Å². The molecule has 214 valence electrons. The lowest BCUT2D eigenvalue weighted by Crippen LogP contribution is -2.62. The molecule has 0 spiro atoms. The normalized spacial score (nSPS) is 23.6. The number of rotatable bonds is 12. The molecule has 1 aliphatic heterocycles. The van der Waals surface area contributed by atoms with Gasteiger partial charge in [0.1, 0.15) is 29.7 Å². The van der Waals surface area contributed by atoms with Crippen LogP contribution in [0, 0.1) is 0 Å². The fraction of sp³-hybridized carbons (Fsp3) is 0.571. The minimum Gasteiger partial charge on any atom is -0.497 e. The highest BCUT2D eigenvalue weighted by Crippen LogP contribution is 2.40. The first kappa shape index (κ1) is 30.9. The van der Waals surface area contributed by atoms with Gasteiger partial charge in [-0.1, -0.05) is 50.2 Å². The van der Waals surface area contributed by atoms with Crippen molar-refractivity contribution in [3.8, 4) is 11.5 Å². The third kappa shape index (κ3) is 8.18. The molecule has 0 bridgehead atoms. The second-order valence-corrected chi connectivity index (χ2v) is 15.9. The largest absolute Gasteiger partial charge is 0.497 e. The molecule has 0 aliphatic carbocycles. The Kier molecular flexibility index (Phi) is 10.8. The average Bonchev–Trinajstić information content (AvgIpc) is 2.90. The van der Waals surface area contributed by atoms with Crippen LogP contribution in [0.15, 0.2) is 53.6 Å². The van der Waals surface area contributed by atoms with Crippen molar-refractivity contribution in [2.45, 2.75) is 82.8 Å². The molecule has 2 aromatic rings. The topological polar surface area (TPSA) is 124 Å². The molecule has 0 amide bonds. The van der Waals surface area contributed by atoms with Crippen molar-refractivity contribution in [1.29, 1.82) is 0 Å². The molecule has 39 heavy (non-hydrogen) atoms. The first-order chi connectivity index (χ1) is 18.5. The van der Waals surface area contributed by atoms with Gasteiger partial charge in [-0.25, -0.2) is 0 Å². The predicted octanol–water partition coefficient (Wildman–Crippen LogP) is 5.59. The van der Waals surface area contributed by atoms with Crippen LogP contribution in [0.25, 0.3) is 10.4 Å². The van der Waals surface area contributed by atoms with Gasteiger partial charge >= 0.3 is 0 Å². The third-order valence-corrected chi connectivity index (χ3v) is 11.8. The van der Waals surface area contributed by atoms with Crippen molar-refractivity contribution in [2.75, 3.05) is 20.8 Å². The Bertz CT molecular complexity index is 1090. The van der Waals surface area contributed by atoms with Crippen LogP contribution in [-0.2, 0) is 31.9 Å². The van der Waals surface area contributed by atoms with Gasteiger partial charge in [0, 0.05) is 4.91 Å². The number of hydrogen-bond donors (Lipinski definition) is 1. The van der Waals surface area contributed by atoms with E-state index in [1.54, 1.807) is 14.2 Å². The second kappa shape index (κ2) is 13.6. The molecule has 0 aromatic heterocycles. The van der Waals surface area contributed by atoms with Crippen LogP contribution in [0.4, 0.5) is 0 Å². The molecule has 1 saturated heterocycles. The summed E-state index contributed by atoms with van der Waals surface area (Å²) in [5, 5.41) is 15.2. The van der Waals surface area contributed by atoms with Crippen LogP contribution in [0.2, 0.25) is 18.1 Å². The molecule has 1 fully saturated rings. The summed E-state index contributed by atoms with van der Waals surface area (Å²) in [7, 11) is 0.876. The zero-order valence-corrected chi connectivity index (χ0v) is 24.9. The van der Waals surface area contributed by atoms with E-state index in [9.17, 15) is 10.6 Å². The number of aliphatic hydroxyl groups excluding tert-OH is 1. The lowest BCUT2D eigenvalue weighted by Gasteiger charge is -2.47. The minimum absolute atomic E-state index is 0.0932. The number of azide groups is 1. The van der Waals surface area contributed by atoms with Crippen molar-refractivity contribution in [3.63, 3.8) is 0 Å². The van der Waals surface area contributed by atoms with Crippen molar-refractivity contribution in [1.82, 2.24) is 0 Å². The smallest absolute Gasteiger partial charge is 0.195 e. The Hall–Kier alpha value is -2.63. The highest BCUT2D eigenvalue weighted by Gasteiger charge is 2.50. The summed E-state index contributed by atoms with van der Waals surface area (Å²) in [5.74, 6) is 1.49. The van der Waals surface area contributed by atoms with Gasteiger partial charge in [-0.05, 0) is 59.1 Å². The standard InChI is InChI=1S/C28H41N3O7Si/c1-28(2,3)39(6,7)38-27-24(30-31-29)26(36-17-20-10-14-22(34-5)15-11-20)25(32)23(37-27)18-35-16-19-8-12-21(33-4)13-9-19/h8-15,23-27,32H,16-18H2,1-7H3/t23-,24-,25-,26-,27+/m1/s1. The summed E-state index contributed by atoms with van der Waals surface area (Å²) in [6.07, 6.45) is -3.65. The highest BCUT2D eigenvalue weighted by molar-refractivity contribution is 6.74. The monoisotopic (exact) mass is 559 g/mol. The van der Waals surface area contributed by atoms with E-state index in [2.05, 4.69) is 43.9 Å². The van der Waals surface area contributed by atoms with Gasteiger partial charge in [0.15, 0.2) is 14.6 Å². The van der Waals surface area contributed by atoms with Crippen LogP contribution in [0.5, 0.6) is 11.5 Å². The van der Waals surface area contributed by atoms with Crippen molar-refractivity contribution >= 4 is 8.32 Å². The first-order valence-electron chi connectivity index (χ1n) is 13.0. The van der Waals surface area contributed by atoms with Crippen LogP contribution < -0.4 is 9.47 Å². The lowest BCUT2D eigenvalue weighted by molar-refractivity contribution is -0.256. The van der Waals surface area contributed by atoms with Gasteiger partial charge in [-0.3, -0.25) is 0 Å². The lowest BCUT2D eigenvalue weighted by atomic mass is 9.97. The zero-order valence-electron chi connectivity index (χ0n) is 23.9. The maximum absolute atomic E-state index is 11.3. The predicted molar refractivity (Wildman–Crippen MR) is 150 cm³/mol. The molecule has 11 heteroatoms. The van der Waals surface area contributed by atoms with Crippen LogP contribution in [-0.4, -0.2) is 64.9 Å². The van der Waals surface area contributed by atoms with E-state index >= 15 is 0 Å². The Morgan fingerprint density at radius 3 is 1.97 bits per heavy atom. The van der Waals surface area contributed by atoms with E-state index in [4.69, 9.17) is 28.1 Å². The number of methoxy groups -OCH3 is 2. The Morgan fingerprint density at radius 1 is 0.949 bits per heavy atom. The molecule has 0 unspecified atom stereocenters. The molecule has 2 aromatic carbocycles. The number of benzene rings is 2. The Balaban J connectivity index is 1.80. The van der Waals surface area contributed by atoms with Gasteiger partial charge in [0.05, 0.1) is 40.1 Å². The van der Waals surface area contributed by atoms with E-state index in [0.29, 0.717) is 6.61 Å². The maximum atomic E-state index is 11.3. The van der Waals surface area contributed by atoms with Crippen LogP contribution in [0.3, 0.4) is 0 Å². The Morgan fingerprint density at radius 2 is 1.49 bits per heavy atom. The summed E-state index contributed by atoms with van der Waals surface area (Å²) in [6, 6.07) is 14.1. The third-order valence-electron chi connectivity index (χ3n) is 7.36. The molecule has 1 aliphatic rings. The average molecular weight is 560 g/mol. The quantitative estimate of drug-likeness (QED) is 0.155.